The molecule has 3 N–H and O–H groups in total. The lowest BCUT2D eigenvalue weighted by Crippen LogP contribution is -2.60. The number of hydrogen-bond donors (Lipinski definition) is 2. The second-order valence-corrected chi connectivity index (χ2v) is 5.96. The van der Waals surface area contributed by atoms with Gasteiger partial charge < -0.3 is 15.7 Å². The van der Waals surface area contributed by atoms with Crippen LogP contribution in [-0.4, -0.2) is 33.8 Å². The minimum atomic E-state index is -0.707. The van der Waals surface area contributed by atoms with E-state index in [-0.39, 0.29) is 0 Å². The molecule has 6 nitrogen and oxygen atoms in total. The molecule has 0 spiro atoms. The van der Waals surface area contributed by atoms with Gasteiger partial charge in [0.15, 0.2) is 0 Å². The van der Waals surface area contributed by atoms with E-state index in [9.17, 15) is 10.4 Å². The molecular weight excluding hydrogens is 278 g/mol. The predicted octanol–water partition coefficient (Wildman–Crippen LogP) is 1.48. The van der Waals surface area contributed by atoms with Crippen LogP contribution < -0.4 is 10.6 Å². The first-order chi connectivity index (χ1) is 10.4. The highest BCUT2D eigenvalue weighted by atomic mass is 16.3. The van der Waals surface area contributed by atoms with Gasteiger partial charge in [0, 0.05) is 36.1 Å². The molecule has 1 aliphatic heterocycles. The lowest BCUT2D eigenvalue weighted by Gasteiger charge is -2.45. The average Bonchev–Trinajstić information content (AvgIpc) is 2.46. The lowest BCUT2D eigenvalue weighted by molar-refractivity contribution is 0.0305. The first-order valence-corrected chi connectivity index (χ1v) is 6.99. The number of aliphatic hydroxyl groups is 1. The monoisotopic (exact) mass is 295 g/mol. The number of β-amino-alcohol motifs (C(OH)–C–C–N with tert-alkyl or cyclic N) is 1. The predicted molar refractivity (Wildman–Crippen MR) is 84.2 cm³/mol. The molecule has 1 saturated heterocycles. The van der Waals surface area contributed by atoms with Gasteiger partial charge in [0.2, 0.25) is 0 Å². The number of hydrogen-bond acceptors (Lipinski definition) is 6. The maximum Gasteiger partial charge on any atom is 0.146 e. The van der Waals surface area contributed by atoms with Gasteiger partial charge in [-0.3, -0.25) is 4.98 Å². The molecule has 1 aliphatic rings. The van der Waals surface area contributed by atoms with Crippen molar-refractivity contribution < 1.29 is 5.11 Å². The number of nitrogens with zero attached hydrogens (tertiary/aromatic N) is 4. The summed E-state index contributed by atoms with van der Waals surface area (Å²) in [4.78, 5) is 10.5. The van der Waals surface area contributed by atoms with E-state index in [1.807, 2.05) is 17.9 Å². The van der Waals surface area contributed by atoms with Crippen LogP contribution in [0.25, 0.3) is 11.1 Å². The van der Waals surface area contributed by atoms with Crippen molar-refractivity contribution in [3.05, 3.63) is 35.8 Å². The first-order valence-electron chi connectivity index (χ1n) is 6.99. The molecule has 0 radical (unpaired) electrons. The maximum absolute atomic E-state index is 9.83. The molecule has 0 saturated carbocycles. The SMILES string of the molecule is Cc1ncc(N)cc1-c1cnc(N2CC(C)(O)C2)c(C#N)c1. The largest absolute Gasteiger partial charge is 0.397 e. The molecule has 2 aromatic heterocycles. The molecule has 1 fully saturated rings. The summed E-state index contributed by atoms with van der Waals surface area (Å²) in [5, 5.41) is 19.2. The number of aromatic nitrogens is 2. The van der Waals surface area contributed by atoms with Crippen molar-refractivity contribution in [3.8, 4) is 17.2 Å². The molecule has 2 aromatic rings. The minimum absolute atomic E-state index is 0.479. The number of rotatable bonds is 2. The summed E-state index contributed by atoms with van der Waals surface area (Å²) >= 11 is 0. The first kappa shape index (κ1) is 14.3. The van der Waals surface area contributed by atoms with E-state index in [1.165, 1.54) is 0 Å². The van der Waals surface area contributed by atoms with Gasteiger partial charge in [-0.2, -0.15) is 5.26 Å². The van der Waals surface area contributed by atoms with Gasteiger partial charge in [-0.1, -0.05) is 0 Å². The zero-order valence-electron chi connectivity index (χ0n) is 12.5. The number of nitrogens with two attached hydrogens (primary N) is 1. The Labute approximate surface area is 128 Å². The van der Waals surface area contributed by atoms with Crippen LogP contribution in [0.4, 0.5) is 11.5 Å². The van der Waals surface area contributed by atoms with E-state index >= 15 is 0 Å². The Bertz CT molecular complexity index is 771. The van der Waals surface area contributed by atoms with Crippen molar-refractivity contribution in [1.82, 2.24) is 9.97 Å². The third kappa shape index (κ3) is 2.47. The van der Waals surface area contributed by atoms with E-state index in [0.29, 0.717) is 30.2 Å². The average molecular weight is 295 g/mol. The van der Waals surface area contributed by atoms with Gasteiger partial charge >= 0.3 is 0 Å². The van der Waals surface area contributed by atoms with E-state index in [1.54, 1.807) is 25.4 Å². The molecule has 3 heterocycles. The molecule has 0 aliphatic carbocycles. The summed E-state index contributed by atoms with van der Waals surface area (Å²) in [5.74, 6) is 0.604. The van der Waals surface area contributed by atoms with Gasteiger partial charge in [-0.15, -0.1) is 0 Å². The fourth-order valence-electron chi connectivity index (χ4n) is 2.71. The molecule has 22 heavy (non-hydrogen) atoms. The smallest absolute Gasteiger partial charge is 0.146 e. The summed E-state index contributed by atoms with van der Waals surface area (Å²) < 4.78 is 0. The Morgan fingerprint density at radius 3 is 2.68 bits per heavy atom. The second-order valence-electron chi connectivity index (χ2n) is 5.96. The highest BCUT2D eigenvalue weighted by molar-refractivity contribution is 5.72. The highest BCUT2D eigenvalue weighted by Crippen LogP contribution is 2.31. The normalized spacial score (nSPS) is 16.0. The van der Waals surface area contributed by atoms with Crippen LogP contribution in [0.5, 0.6) is 0 Å². The van der Waals surface area contributed by atoms with E-state index in [0.717, 1.165) is 16.8 Å². The Morgan fingerprint density at radius 1 is 1.32 bits per heavy atom. The molecular formula is C16H17N5O. The summed E-state index contributed by atoms with van der Waals surface area (Å²) in [5.41, 5.74) is 8.65. The zero-order valence-corrected chi connectivity index (χ0v) is 12.5. The van der Waals surface area contributed by atoms with Crippen molar-refractivity contribution in [2.75, 3.05) is 23.7 Å². The number of aryl methyl sites for hydroxylation is 1. The van der Waals surface area contributed by atoms with Gasteiger partial charge in [0.05, 0.1) is 23.0 Å². The lowest BCUT2D eigenvalue weighted by atomic mass is 9.96. The number of nitriles is 1. The van der Waals surface area contributed by atoms with Gasteiger partial charge in [0.25, 0.3) is 0 Å². The van der Waals surface area contributed by atoms with Crippen LogP contribution in [-0.2, 0) is 0 Å². The number of anilines is 2. The quantitative estimate of drug-likeness (QED) is 0.870. The van der Waals surface area contributed by atoms with Crippen molar-refractivity contribution in [1.29, 1.82) is 5.26 Å². The topological polar surface area (TPSA) is 99.1 Å². The van der Waals surface area contributed by atoms with E-state index in [2.05, 4.69) is 16.0 Å². The van der Waals surface area contributed by atoms with Gasteiger partial charge in [-0.05, 0) is 26.0 Å². The van der Waals surface area contributed by atoms with E-state index < -0.39 is 5.60 Å². The fourth-order valence-corrected chi connectivity index (χ4v) is 2.71. The third-order valence-electron chi connectivity index (χ3n) is 3.77. The maximum atomic E-state index is 9.83. The van der Waals surface area contributed by atoms with Crippen LogP contribution in [0.1, 0.15) is 18.2 Å². The van der Waals surface area contributed by atoms with Gasteiger partial charge in [-0.25, -0.2) is 4.98 Å². The Balaban J connectivity index is 1.99. The van der Waals surface area contributed by atoms with Crippen molar-refractivity contribution >= 4 is 11.5 Å². The second kappa shape index (κ2) is 4.97. The molecule has 0 amide bonds. The van der Waals surface area contributed by atoms with Crippen molar-refractivity contribution in [2.45, 2.75) is 19.4 Å². The van der Waals surface area contributed by atoms with Crippen LogP contribution in [0.3, 0.4) is 0 Å². The third-order valence-corrected chi connectivity index (χ3v) is 3.77. The molecule has 3 rings (SSSR count). The van der Waals surface area contributed by atoms with Crippen LogP contribution in [0.15, 0.2) is 24.5 Å². The van der Waals surface area contributed by atoms with Crippen LogP contribution >= 0.6 is 0 Å². The Hall–Kier alpha value is -2.65. The summed E-state index contributed by atoms with van der Waals surface area (Å²) in [7, 11) is 0. The molecule has 6 heteroatoms. The van der Waals surface area contributed by atoms with Gasteiger partial charge in [0.1, 0.15) is 11.9 Å². The summed E-state index contributed by atoms with van der Waals surface area (Å²) in [6.07, 6.45) is 3.32. The van der Waals surface area contributed by atoms with Crippen LogP contribution in [0, 0.1) is 18.3 Å². The number of pyridine rings is 2. The molecule has 0 aromatic carbocycles. The standard InChI is InChI=1S/C16H17N5O/c1-10-14(4-13(18)7-19-10)12-3-11(5-17)15(20-6-12)21-8-16(2,22)9-21/h3-4,6-7,22H,8-9,18H2,1-2H3. The molecule has 112 valence electrons. The molecule has 0 unspecified atom stereocenters. The Kier molecular flexibility index (Phi) is 3.23. The fraction of sp³-hybridized carbons (Fsp3) is 0.312. The summed E-state index contributed by atoms with van der Waals surface area (Å²) in [6, 6.07) is 5.80. The van der Waals surface area contributed by atoms with Crippen molar-refractivity contribution in [3.63, 3.8) is 0 Å². The Morgan fingerprint density at radius 2 is 2.05 bits per heavy atom. The van der Waals surface area contributed by atoms with E-state index in [4.69, 9.17) is 5.73 Å². The molecule has 0 bridgehead atoms. The van der Waals surface area contributed by atoms with Crippen molar-refractivity contribution in [2.24, 2.45) is 0 Å². The number of nitrogen functional groups attached to an aromatic ring is 1. The minimum Gasteiger partial charge on any atom is -0.397 e. The van der Waals surface area contributed by atoms with Crippen LogP contribution in [0.2, 0.25) is 0 Å². The highest BCUT2D eigenvalue weighted by Gasteiger charge is 2.38. The molecule has 0 atom stereocenters. The summed E-state index contributed by atoms with van der Waals surface area (Å²) in [6.45, 7) is 4.62. The zero-order chi connectivity index (χ0) is 15.9.